The second-order valence-electron chi connectivity index (χ2n) is 6.68. The summed E-state index contributed by atoms with van der Waals surface area (Å²) >= 11 is 0. The number of benzene rings is 2. The van der Waals surface area contributed by atoms with Crippen LogP contribution >= 0.6 is 0 Å². The van der Waals surface area contributed by atoms with E-state index < -0.39 is 0 Å². The maximum absolute atomic E-state index is 10.2. The average molecular weight is 334 g/mol. The molecule has 1 aliphatic heterocycles. The van der Waals surface area contributed by atoms with Crippen LogP contribution in [0, 0.1) is 0 Å². The summed E-state index contributed by atoms with van der Waals surface area (Å²) in [5.74, 6) is 1.58. The fraction of sp³-hybridized carbons (Fsp3) is 0.300. The SMILES string of the molecule is CN1CCCC(Nc2nc(-c3ccccc3O)nc3ccccc23)C1. The lowest BCUT2D eigenvalue weighted by molar-refractivity contribution is 0.261. The summed E-state index contributed by atoms with van der Waals surface area (Å²) in [5, 5.41) is 14.8. The van der Waals surface area contributed by atoms with E-state index in [9.17, 15) is 5.11 Å². The van der Waals surface area contributed by atoms with Crippen molar-refractivity contribution < 1.29 is 5.11 Å². The number of phenols is 1. The number of likely N-dealkylation sites (N-methyl/N-ethyl adjacent to an activating group) is 1. The van der Waals surface area contributed by atoms with E-state index in [1.54, 1.807) is 12.1 Å². The maximum atomic E-state index is 10.2. The lowest BCUT2D eigenvalue weighted by atomic mass is 10.1. The van der Waals surface area contributed by atoms with Crippen LogP contribution < -0.4 is 5.32 Å². The smallest absolute Gasteiger partial charge is 0.165 e. The number of fused-ring (bicyclic) bond motifs is 1. The molecule has 1 atom stereocenters. The standard InChI is InChI=1S/C20H22N4O/c1-24-12-6-7-14(13-24)21-19-15-8-2-4-10-17(15)22-20(23-19)16-9-3-5-11-18(16)25/h2-5,8-11,14,25H,6-7,12-13H2,1H3,(H,21,22,23). The first kappa shape index (κ1) is 15.8. The Hall–Kier alpha value is -2.66. The topological polar surface area (TPSA) is 61.3 Å². The van der Waals surface area contributed by atoms with Crippen molar-refractivity contribution in [3.8, 4) is 17.1 Å². The van der Waals surface area contributed by atoms with Gasteiger partial charge in [-0.05, 0) is 50.7 Å². The molecule has 128 valence electrons. The molecule has 2 aromatic carbocycles. The molecule has 0 bridgehead atoms. The number of para-hydroxylation sites is 2. The Labute approximate surface area is 147 Å². The van der Waals surface area contributed by atoms with E-state index in [4.69, 9.17) is 4.98 Å². The molecule has 0 saturated carbocycles. The molecule has 0 aliphatic carbocycles. The molecule has 25 heavy (non-hydrogen) atoms. The number of nitrogens with zero attached hydrogens (tertiary/aromatic N) is 3. The van der Waals surface area contributed by atoms with Gasteiger partial charge in [0.15, 0.2) is 5.82 Å². The minimum Gasteiger partial charge on any atom is -0.507 e. The Kier molecular flexibility index (Phi) is 4.24. The molecular weight excluding hydrogens is 312 g/mol. The number of likely N-dealkylation sites (tertiary alicyclic amines) is 1. The number of aromatic nitrogens is 2. The summed E-state index contributed by atoms with van der Waals surface area (Å²) in [5.41, 5.74) is 1.53. The Morgan fingerprint density at radius 1 is 1.08 bits per heavy atom. The summed E-state index contributed by atoms with van der Waals surface area (Å²) in [6, 6.07) is 15.6. The van der Waals surface area contributed by atoms with Crippen molar-refractivity contribution in [3.63, 3.8) is 0 Å². The lowest BCUT2D eigenvalue weighted by Gasteiger charge is -2.30. The van der Waals surface area contributed by atoms with Gasteiger partial charge in [-0.25, -0.2) is 9.97 Å². The van der Waals surface area contributed by atoms with Crippen LogP contribution in [0.4, 0.5) is 5.82 Å². The van der Waals surface area contributed by atoms with Gasteiger partial charge in [-0.2, -0.15) is 0 Å². The quantitative estimate of drug-likeness (QED) is 0.767. The van der Waals surface area contributed by atoms with Crippen LogP contribution in [0.5, 0.6) is 5.75 Å². The maximum Gasteiger partial charge on any atom is 0.165 e. The zero-order valence-corrected chi connectivity index (χ0v) is 14.3. The molecule has 0 radical (unpaired) electrons. The Morgan fingerprint density at radius 2 is 1.88 bits per heavy atom. The van der Waals surface area contributed by atoms with Crippen molar-refractivity contribution in [1.29, 1.82) is 0 Å². The third kappa shape index (κ3) is 3.28. The zero-order chi connectivity index (χ0) is 17.2. The first-order chi connectivity index (χ1) is 12.2. The van der Waals surface area contributed by atoms with Crippen molar-refractivity contribution in [3.05, 3.63) is 48.5 Å². The fourth-order valence-electron chi connectivity index (χ4n) is 3.45. The number of nitrogens with one attached hydrogen (secondary N) is 1. The molecule has 5 heteroatoms. The van der Waals surface area contributed by atoms with Gasteiger partial charge >= 0.3 is 0 Å². The molecule has 2 heterocycles. The lowest BCUT2D eigenvalue weighted by Crippen LogP contribution is -2.40. The molecule has 2 N–H and O–H groups in total. The molecule has 3 aromatic rings. The Balaban J connectivity index is 1.78. The van der Waals surface area contributed by atoms with Crippen LogP contribution in [0.1, 0.15) is 12.8 Å². The van der Waals surface area contributed by atoms with Crippen LogP contribution in [-0.2, 0) is 0 Å². The second-order valence-corrected chi connectivity index (χ2v) is 6.68. The van der Waals surface area contributed by atoms with Crippen LogP contribution in [0.25, 0.3) is 22.3 Å². The molecule has 1 saturated heterocycles. The minimum absolute atomic E-state index is 0.195. The van der Waals surface area contributed by atoms with Gasteiger partial charge < -0.3 is 15.3 Å². The highest BCUT2D eigenvalue weighted by molar-refractivity contribution is 5.91. The average Bonchev–Trinajstić information content (AvgIpc) is 2.62. The van der Waals surface area contributed by atoms with E-state index in [0.29, 0.717) is 17.4 Å². The molecule has 1 aliphatic rings. The summed E-state index contributed by atoms with van der Waals surface area (Å²) in [6.07, 6.45) is 2.32. The van der Waals surface area contributed by atoms with Crippen molar-refractivity contribution in [2.24, 2.45) is 0 Å². The van der Waals surface area contributed by atoms with E-state index in [0.717, 1.165) is 36.2 Å². The van der Waals surface area contributed by atoms with E-state index in [1.165, 1.54) is 6.42 Å². The molecule has 1 fully saturated rings. The Morgan fingerprint density at radius 3 is 2.72 bits per heavy atom. The summed E-state index contributed by atoms with van der Waals surface area (Å²) < 4.78 is 0. The van der Waals surface area contributed by atoms with Crippen molar-refractivity contribution in [2.45, 2.75) is 18.9 Å². The van der Waals surface area contributed by atoms with E-state index in [1.807, 2.05) is 36.4 Å². The number of piperidine rings is 1. The van der Waals surface area contributed by atoms with Crippen LogP contribution in [-0.4, -0.2) is 46.2 Å². The molecule has 1 aromatic heterocycles. The largest absolute Gasteiger partial charge is 0.507 e. The predicted octanol–water partition coefficient (Wildman–Crippen LogP) is 3.51. The van der Waals surface area contributed by atoms with E-state index in [-0.39, 0.29) is 5.75 Å². The Bertz CT molecular complexity index is 896. The number of anilines is 1. The molecule has 1 unspecified atom stereocenters. The molecule has 5 nitrogen and oxygen atoms in total. The van der Waals surface area contributed by atoms with Crippen molar-refractivity contribution >= 4 is 16.7 Å². The molecule has 0 spiro atoms. The third-order valence-corrected chi connectivity index (χ3v) is 4.71. The van der Waals surface area contributed by atoms with Crippen LogP contribution in [0.3, 0.4) is 0 Å². The zero-order valence-electron chi connectivity index (χ0n) is 14.3. The number of phenolic OH excluding ortho intramolecular Hbond substituents is 1. The number of rotatable bonds is 3. The van der Waals surface area contributed by atoms with Gasteiger partial charge in [0.1, 0.15) is 11.6 Å². The van der Waals surface area contributed by atoms with Gasteiger partial charge in [-0.3, -0.25) is 0 Å². The van der Waals surface area contributed by atoms with Gasteiger partial charge in [0.25, 0.3) is 0 Å². The highest BCUT2D eigenvalue weighted by Crippen LogP contribution is 2.30. The number of aromatic hydroxyl groups is 1. The van der Waals surface area contributed by atoms with Crippen LogP contribution in [0.2, 0.25) is 0 Å². The highest BCUT2D eigenvalue weighted by Gasteiger charge is 2.19. The monoisotopic (exact) mass is 334 g/mol. The molecule has 0 amide bonds. The molecular formula is C20H22N4O. The normalized spacial score (nSPS) is 18.4. The number of hydrogen-bond donors (Lipinski definition) is 2. The van der Waals surface area contributed by atoms with Gasteiger partial charge in [0, 0.05) is 18.0 Å². The van der Waals surface area contributed by atoms with Crippen molar-refractivity contribution in [2.75, 3.05) is 25.5 Å². The highest BCUT2D eigenvalue weighted by atomic mass is 16.3. The minimum atomic E-state index is 0.195. The predicted molar refractivity (Wildman–Crippen MR) is 101 cm³/mol. The van der Waals surface area contributed by atoms with Crippen LogP contribution in [0.15, 0.2) is 48.5 Å². The first-order valence-corrected chi connectivity index (χ1v) is 8.71. The summed E-state index contributed by atoms with van der Waals surface area (Å²) in [4.78, 5) is 11.7. The fourth-order valence-corrected chi connectivity index (χ4v) is 3.45. The van der Waals surface area contributed by atoms with Gasteiger partial charge in [-0.15, -0.1) is 0 Å². The van der Waals surface area contributed by atoms with Crippen molar-refractivity contribution in [1.82, 2.24) is 14.9 Å². The van der Waals surface area contributed by atoms with Gasteiger partial charge in [0.05, 0.1) is 11.1 Å². The van der Waals surface area contributed by atoms with E-state index in [2.05, 4.69) is 22.2 Å². The molecule has 4 rings (SSSR count). The first-order valence-electron chi connectivity index (χ1n) is 8.71. The third-order valence-electron chi connectivity index (χ3n) is 4.71. The summed E-state index contributed by atoms with van der Waals surface area (Å²) in [7, 11) is 2.15. The van der Waals surface area contributed by atoms with E-state index >= 15 is 0 Å². The number of hydrogen-bond acceptors (Lipinski definition) is 5. The van der Waals surface area contributed by atoms with Gasteiger partial charge in [-0.1, -0.05) is 24.3 Å². The second kappa shape index (κ2) is 6.69. The van der Waals surface area contributed by atoms with Gasteiger partial charge in [0.2, 0.25) is 0 Å². The summed E-state index contributed by atoms with van der Waals surface area (Å²) in [6.45, 7) is 2.15.